The van der Waals surface area contributed by atoms with Gasteiger partial charge in [0.2, 0.25) is 0 Å². The van der Waals surface area contributed by atoms with E-state index in [-0.39, 0.29) is 10.3 Å². The van der Waals surface area contributed by atoms with Crippen LogP contribution in [-0.2, 0) is 9.53 Å². The van der Waals surface area contributed by atoms with E-state index < -0.39 is 12.0 Å². The number of nitrogens with one attached hydrogen (secondary N) is 1. The number of H-pyrrole nitrogens is 1. The third kappa shape index (κ3) is 1.57. The van der Waals surface area contributed by atoms with Crippen molar-refractivity contribution in [1.82, 2.24) is 9.55 Å². The van der Waals surface area contributed by atoms with Crippen molar-refractivity contribution in [3.05, 3.63) is 39.4 Å². The van der Waals surface area contributed by atoms with Gasteiger partial charge < -0.3 is 9.72 Å². The molecule has 1 fully saturated rings. The largest absolute Gasteiger partial charge is 0.464 e. The van der Waals surface area contributed by atoms with E-state index >= 15 is 0 Å². The molecule has 0 bridgehead atoms. The topological polar surface area (TPSA) is 64.1 Å². The molecule has 1 aromatic carbocycles. The third-order valence-corrected chi connectivity index (χ3v) is 3.35. The van der Waals surface area contributed by atoms with Crippen molar-refractivity contribution in [3.8, 4) is 0 Å². The summed E-state index contributed by atoms with van der Waals surface area (Å²) < 4.78 is 6.45. The normalized spacial score (nSPS) is 19.1. The summed E-state index contributed by atoms with van der Waals surface area (Å²) in [7, 11) is 0. The number of rotatable bonds is 1. The van der Waals surface area contributed by atoms with Crippen LogP contribution in [0.3, 0.4) is 0 Å². The number of esters is 1. The van der Waals surface area contributed by atoms with Gasteiger partial charge in [0.1, 0.15) is 6.04 Å². The summed E-state index contributed by atoms with van der Waals surface area (Å²) in [5, 5.41) is 0.519. The smallest absolute Gasteiger partial charge is 0.329 e. The highest BCUT2D eigenvalue weighted by molar-refractivity contribution is 7.71. The van der Waals surface area contributed by atoms with Crippen LogP contribution >= 0.6 is 12.2 Å². The van der Waals surface area contributed by atoms with Gasteiger partial charge in [0.05, 0.1) is 17.5 Å². The van der Waals surface area contributed by atoms with E-state index in [4.69, 9.17) is 17.0 Å². The van der Waals surface area contributed by atoms with Gasteiger partial charge in [-0.2, -0.15) is 0 Å². The molecule has 1 saturated heterocycles. The first-order valence-corrected chi connectivity index (χ1v) is 5.99. The molecule has 1 aliphatic rings. The van der Waals surface area contributed by atoms with Crippen LogP contribution in [0.15, 0.2) is 29.1 Å². The Labute approximate surface area is 107 Å². The number of cyclic esters (lactones) is 1. The highest BCUT2D eigenvalue weighted by Gasteiger charge is 2.30. The van der Waals surface area contributed by atoms with Crippen LogP contribution in [0.25, 0.3) is 10.9 Å². The maximum Gasteiger partial charge on any atom is 0.329 e. The van der Waals surface area contributed by atoms with E-state index in [1.165, 1.54) is 4.57 Å². The molecular formula is C12H10N2O3S. The van der Waals surface area contributed by atoms with Crippen molar-refractivity contribution in [3.63, 3.8) is 0 Å². The Hall–Kier alpha value is -1.95. The number of ether oxygens (including phenoxy) is 1. The van der Waals surface area contributed by atoms with Crippen LogP contribution in [0.5, 0.6) is 0 Å². The van der Waals surface area contributed by atoms with Crippen molar-refractivity contribution in [2.45, 2.75) is 12.5 Å². The lowest BCUT2D eigenvalue weighted by Crippen LogP contribution is -2.29. The van der Waals surface area contributed by atoms with E-state index in [0.29, 0.717) is 23.9 Å². The molecule has 1 aromatic heterocycles. The van der Waals surface area contributed by atoms with E-state index in [1.54, 1.807) is 18.2 Å². The Morgan fingerprint density at radius 2 is 2.11 bits per heavy atom. The molecule has 0 radical (unpaired) electrons. The molecule has 0 spiro atoms. The summed E-state index contributed by atoms with van der Waals surface area (Å²) in [6.45, 7) is 0.331. The van der Waals surface area contributed by atoms with E-state index in [2.05, 4.69) is 4.98 Å². The summed E-state index contributed by atoms with van der Waals surface area (Å²) in [5.74, 6) is -0.396. The minimum absolute atomic E-state index is 0.252. The monoisotopic (exact) mass is 262 g/mol. The van der Waals surface area contributed by atoms with Crippen molar-refractivity contribution >= 4 is 29.1 Å². The molecule has 0 amide bonds. The quantitative estimate of drug-likeness (QED) is 0.625. The van der Waals surface area contributed by atoms with Crippen LogP contribution in [0.1, 0.15) is 12.5 Å². The maximum absolute atomic E-state index is 12.4. The van der Waals surface area contributed by atoms with Gasteiger partial charge in [0.25, 0.3) is 5.56 Å². The summed E-state index contributed by atoms with van der Waals surface area (Å²) in [6, 6.07) is 6.48. The zero-order valence-electron chi connectivity index (χ0n) is 9.38. The van der Waals surface area contributed by atoms with Crippen LogP contribution < -0.4 is 5.56 Å². The average Bonchev–Trinajstić information content (AvgIpc) is 2.76. The molecule has 3 rings (SSSR count). The molecule has 18 heavy (non-hydrogen) atoms. The number of aromatic amines is 1. The Morgan fingerprint density at radius 3 is 2.83 bits per heavy atom. The van der Waals surface area contributed by atoms with Gasteiger partial charge >= 0.3 is 5.97 Å². The first-order chi connectivity index (χ1) is 8.68. The van der Waals surface area contributed by atoms with E-state index in [1.807, 2.05) is 6.07 Å². The summed E-state index contributed by atoms with van der Waals surface area (Å²) in [5.41, 5.74) is 0.424. The van der Waals surface area contributed by atoms with Gasteiger partial charge in [-0.15, -0.1) is 0 Å². The van der Waals surface area contributed by atoms with E-state index in [0.717, 1.165) is 0 Å². The number of carbonyl (C=O) groups excluding carboxylic acids is 1. The van der Waals surface area contributed by atoms with Crippen molar-refractivity contribution in [1.29, 1.82) is 0 Å². The summed E-state index contributed by atoms with van der Waals surface area (Å²) >= 11 is 5.16. The van der Waals surface area contributed by atoms with Crippen LogP contribution in [0, 0.1) is 4.77 Å². The van der Waals surface area contributed by atoms with Gasteiger partial charge in [-0.05, 0) is 24.4 Å². The molecule has 1 atom stereocenters. The van der Waals surface area contributed by atoms with Crippen LogP contribution in [-0.4, -0.2) is 22.1 Å². The predicted octanol–water partition coefficient (Wildman–Crippen LogP) is 1.55. The van der Waals surface area contributed by atoms with Crippen molar-refractivity contribution in [2.75, 3.05) is 6.61 Å². The molecule has 1 aliphatic heterocycles. The van der Waals surface area contributed by atoms with Gasteiger partial charge in [-0.1, -0.05) is 12.1 Å². The minimum Gasteiger partial charge on any atom is -0.464 e. The average molecular weight is 262 g/mol. The molecular weight excluding hydrogens is 252 g/mol. The van der Waals surface area contributed by atoms with Crippen LogP contribution in [0.2, 0.25) is 0 Å². The summed E-state index contributed by atoms with van der Waals surface area (Å²) in [4.78, 5) is 26.9. The molecule has 6 heteroatoms. The number of benzene rings is 1. The second-order valence-corrected chi connectivity index (χ2v) is 4.51. The second-order valence-electron chi connectivity index (χ2n) is 4.12. The lowest BCUT2D eigenvalue weighted by Gasteiger charge is -2.11. The molecule has 1 unspecified atom stereocenters. The van der Waals surface area contributed by atoms with Crippen molar-refractivity contribution in [2.24, 2.45) is 0 Å². The predicted molar refractivity (Wildman–Crippen MR) is 68.0 cm³/mol. The van der Waals surface area contributed by atoms with Crippen molar-refractivity contribution < 1.29 is 9.53 Å². The highest BCUT2D eigenvalue weighted by Crippen LogP contribution is 2.19. The second kappa shape index (κ2) is 4.06. The molecule has 2 heterocycles. The van der Waals surface area contributed by atoms with Gasteiger partial charge in [0.15, 0.2) is 4.77 Å². The van der Waals surface area contributed by atoms with Crippen LogP contribution in [0.4, 0.5) is 0 Å². The molecule has 2 aromatic rings. The molecule has 0 aliphatic carbocycles. The number of hydrogen-bond donors (Lipinski definition) is 1. The third-order valence-electron chi connectivity index (χ3n) is 3.06. The minimum atomic E-state index is -0.606. The highest BCUT2D eigenvalue weighted by atomic mass is 32.1. The van der Waals surface area contributed by atoms with Gasteiger partial charge in [-0.3, -0.25) is 9.36 Å². The van der Waals surface area contributed by atoms with Gasteiger partial charge in [0, 0.05) is 6.42 Å². The molecule has 0 saturated carbocycles. The standard InChI is InChI=1S/C12H10N2O3S/c15-10-7-3-1-2-4-8(7)13-12(18)14(10)9-5-6-17-11(9)16/h1-4,9H,5-6H2,(H,13,18). The Balaban J connectivity index is 2.33. The fourth-order valence-corrected chi connectivity index (χ4v) is 2.50. The number of carbonyl (C=O) groups is 1. The Kier molecular flexibility index (Phi) is 2.52. The maximum atomic E-state index is 12.4. The summed E-state index contributed by atoms with van der Waals surface area (Å²) in [6.07, 6.45) is 0.481. The molecule has 92 valence electrons. The fourth-order valence-electron chi connectivity index (χ4n) is 2.18. The number of hydrogen-bond acceptors (Lipinski definition) is 4. The van der Waals surface area contributed by atoms with E-state index in [9.17, 15) is 9.59 Å². The zero-order chi connectivity index (χ0) is 12.7. The number of nitrogens with zero attached hydrogens (tertiary/aromatic N) is 1. The first-order valence-electron chi connectivity index (χ1n) is 5.58. The first kappa shape index (κ1) is 11.2. The molecule has 1 N–H and O–H groups in total. The number of aromatic nitrogens is 2. The molecule has 5 nitrogen and oxygen atoms in total. The Morgan fingerprint density at radius 1 is 1.33 bits per heavy atom. The lowest BCUT2D eigenvalue weighted by molar-refractivity contribution is -0.140. The zero-order valence-corrected chi connectivity index (χ0v) is 10.2. The number of fused-ring (bicyclic) bond motifs is 1. The van der Waals surface area contributed by atoms with Gasteiger partial charge in [-0.25, -0.2) is 4.79 Å². The number of para-hydroxylation sites is 1. The fraction of sp³-hybridized carbons (Fsp3) is 0.250. The SMILES string of the molecule is O=C1OCCC1n1c(=S)[nH]c2ccccc2c1=O. The lowest BCUT2D eigenvalue weighted by atomic mass is 10.2. The Bertz CT molecular complexity index is 747.